The third-order valence-electron chi connectivity index (χ3n) is 4.82. The lowest BCUT2D eigenvalue weighted by Gasteiger charge is -2.39. The van der Waals surface area contributed by atoms with Crippen molar-refractivity contribution in [3.05, 3.63) is 60.2 Å². The van der Waals surface area contributed by atoms with Crippen molar-refractivity contribution >= 4 is 5.91 Å². The van der Waals surface area contributed by atoms with Gasteiger partial charge in [-0.1, -0.05) is 39.0 Å². The molecule has 132 valence electrons. The number of ether oxygens (including phenoxy) is 1. The molecule has 0 aliphatic heterocycles. The van der Waals surface area contributed by atoms with E-state index in [1.165, 1.54) is 6.42 Å². The van der Waals surface area contributed by atoms with Crippen molar-refractivity contribution in [3.63, 3.8) is 0 Å². The van der Waals surface area contributed by atoms with Crippen molar-refractivity contribution < 1.29 is 9.53 Å². The molecule has 0 heterocycles. The molecule has 0 spiro atoms. The molecule has 2 aromatic carbocycles. The third kappa shape index (κ3) is 4.85. The Morgan fingerprint density at radius 3 is 2.28 bits per heavy atom. The summed E-state index contributed by atoms with van der Waals surface area (Å²) in [5, 5.41) is 3.21. The van der Waals surface area contributed by atoms with Crippen LogP contribution in [0, 0.1) is 11.3 Å². The maximum Gasteiger partial charge on any atom is 0.251 e. The average Bonchev–Trinajstić information content (AvgIpc) is 2.54. The fourth-order valence-corrected chi connectivity index (χ4v) is 4.02. The summed E-state index contributed by atoms with van der Waals surface area (Å²) >= 11 is 0. The highest BCUT2D eigenvalue weighted by Gasteiger charge is 2.32. The molecule has 2 aromatic rings. The Morgan fingerprint density at radius 1 is 1.00 bits per heavy atom. The van der Waals surface area contributed by atoms with E-state index in [1.807, 2.05) is 54.6 Å². The van der Waals surface area contributed by atoms with Gasteiger partial charge in [-0.05, 0) is 67.0 Å². The molecule has 1 fully saturated rings. The van der Waals surface area contributed by atoms with E-state index in [9.17, 15) is 4.79 Å². The summed E-state index contributed by atoms with van der Waals surface area (Å²) < 4.78 is 5.77. The minimum Gasteiger partial charge on any atom is -0.457 e. The summed E-state index contributed by atoms with van der Waals surface area (Å²) in [7, 11) is 0. The predicted molar refractivity (Wildman–Crippen MR) is 101 cm³/mol. The molecule has 3 rings (SSSR count). The van der Waals surface area contributed by atoms with Gasteiger partial charge >= 0.3 is 0 Å². The largest absolute Gasteiger partial charge is 0.457 e. The maximum absolute atomic E-state index is 12.5. The molecule has 3 heteroatoms. The lowest BCUT2D eigenvalue weighted by atomic mass is 9.70. The molecule has 1 saturated carbocycles. The van der Waals surface area contributed by atoms with E-state index in [0.717, 1.165) is 24.3 Å². The number of nitrogens with one attached hydrogen (secondary N) is 1. The SMILES string of the molecule is C[C@@H]1C[C@@H](NC(=O)c2ccc(Oc3ccccc3)cc2)CC(C)(C)C1. The van der Waals surface area contributed by atoms with E-state index in [-0.39, 0.29) is 11.9 Å². The van der Waals surface area contributed by atoms with Gasteiger partial charge in [0, 0.05) is 11.6 Å². The first-order chi connectivity index (χ1) is 11.9. The molecule has 0 unspecified atom stereocenters. The van der Waals surface area contributed by atoms with Crippen LogP contribution in [0.15, 0.2) is 54.6 Å². The monoisotopic (exact) mass is 337 g/mol. The molecule has 1 amide bonds. The number of carbonyl (C=O) groups is 1. The number of amides is 1. The number of carbonyl (C=O) groups excluding carboxylic acids is 1. The highest BCUT2D eigenvalue weighted by molar-refractivity contribution is 5.94. The molecular formula is C22H27NO2. The highest BCUT2D eigenvalue weighted by Crippen LogP contribution is 2.38. The standard InChI is InChI=1S/C22H27NO2/c1-16-13-18(15-22(2,3)14-16)23-21(24)17-9-11-20(12-10-17)25-19-7-5-4-6-8-19/h4-12,16,18H,13-15H2,1-3H3,(H,23,24)/t16-,18-/m1/s1. The molecular weight excluding hydrogens is 310 g/mol. The summed E-state index contributed by atoms with van der Waals surface area (Å²) in [6, 6.07) is 17.2. The lowest BCUT2D eigenvalue weighted by Crippen LogP contribution is -2.42. The second-order valence-corrected chi connectivity index (χ2v) is 8.02. The van der Waals surface area contributed by atoms with Crippen molar-refractivity contribution in [1.29, 1.82) is 0 Å². The van der Waals surface area contributed by atoms with Crippen molar-refractivity contribution in [2.75, 3.05) is 0 Å². The van der Waals surface area contributed by atoms with Crippen LogP contribution in [0.4, 0.5) is 0 Å². The molecule has 0 aromatic heterocycles. The van der Waals surface area contributed by atoms with Crippen molar-refractivity contribution in [1.82, 2.24) is 5.32 Å². The third-order valence-corrected chi connectivity index (χ3v) is 4.82. The first-order valence-electron chi connectivity index (χ1n) is 9.05. The molecule has 25 heavy (non-hydrogen) atoms. The quantitative estimate of drug-likeness (QED) is 0.808. The van der Waals surface area contributed by atoms with Crippen LogP contribution in [0.1, 0.15) is 50.4 Å². The van der Waals surface area contributed by atoms with Gasteiger partial charge in [-0.3, -0.25) is 4.79 Å². The smallest absolute Gasteiger partial charge is 0.251 e. The summed E-state index contributed by atoms with van der Waals surface area (Å²) in [5.41, 5.74) is 0.972. The zero-order valence-electron chi connectivity index (χ0n) is 15.3. The molecule has 1 aliphatic carbocycles. The van der Waals surface area contributed by atoms with Gasteiger partial charge in [0.1, 0.15) is 11.5 Å². The molecule has 0 bridgehead atoms. The normalized spacial score (nSPS) is 22.2. The Bertz CT molecular complexity index is 707. The van der Waals surface area contributed by atoms with Crippen molar-refractivity contribution in [3.8, 4) is 11.5 Å². The first-order valence-corrected chi connectivity index (χ1v) is 9.05. The van der Waals surface area contributed by atoms with Crippen LogP contribution in [0.2, 0.25) is 0 Å². The van der Waals surface area contributed by atoms with Crippen molar-refractivity contribution in [2.45, 2.75) is 46.1 Å². The number of hydrogen-bond acceptors (Lipinski definition) is 2. The second-order valence-electron chi connectivity index (χ2n) is 8.02. The Kier molecular flexibility index (Phi) is 5.12. The fraction of sp³-hybridized carbons (Fsp3) is 0.409. The number of benzene rings is 2. The zero-order valence-corrected chi connectivity index (χ0v) is 15.3. The topological polar surface area (TPSA) is 38.3 Å². The van der Waals surface area contributed by atoms with Gasteiger partial charge in [0.25, 0.3) is 5.91 Å². The second kappa shape index (κ2) is 7.30. The van der Waals surface area contributed by atoms with Gasteiger partial charge in [-0.15, -0.1) is 0 Å². The predicted octanol–water partition coefficient (Wildman–Crippen LogP) is 5.42. The van der Waals surface area contributed by atoms with Gasteiger partial charge in [0.05, 0.1) is 0 Å². The number of para-hydroxylation sites is 1. The van der Waals surface area contributed by atoms with Gasteiger partial charge in [-0.25, -0.2) is 0 Å². The Balaban J connectivity index is 1.61. The van der Waals surface area contributed by atoms with E-state index in [0.29, 0.717) is 16.9 Å². The van der Waals surface area contributed by atoms with E-state index in [2.05, 4.69) is 26.1 Å². The summed E-state index contributed by atoms with van der Waals surface area (Å²) in [4.78, 5) is 12.5. The summed E-state index contributed by atoms with van der Waals surface area (Å²) in [5.74, 6) is 2.17. The summed E-state index contributed by atoms with van der Waals surface area (Å²) in [6.45, 7) is 6.85. The average molecular weight is 337 g/mol. The maximum atomic E-state index is 12.5. The van der Waals surface area contributed by atoms with Gasteiger partial charge < -0.3 is 10.1 Å². The highest BCUT2D eigenvalue weighted by atomic mass is 16.5. The van der Waals surface area contributed by atoms with Crippen LogP contribution in [0.5, 0.6) is 11.5 Å². The van der Waals surface area contributed by atoms with Gasteiger partial charge in [-0.2, -0.15) is 0 Å². The molecule has 0 saturated heterocycles. The van der Waals surface area contributed by atoms with Crippen molar-refractivity contribution in [2.24, 2.45) is 11.3 Å². The molecule has 2 atom stereocenters. The minimum absolute atomic E-state index is 0.00108. The minimum atomic E-state index is 0.00108. The fourth-order valence-electron chi connectivity index (χ4n) is 4.02. The Labute approximate surface area is 150 Å². The Hall–Kier alpha value is -2.29. The first kappa shape index (κ1) is 17.5. The van der Waals surface area contributed by atoms with Gasteiger partial charge in [0.15, 0.2) is 0 Å². The van der Waals surface area contributed by atoms with Crippen LogP contribution in [-0.4, -0.2) is 11.9 Å². The lowest BCUT2D eigenvalue weighted by molar-refractivity contribution is 0.0874. The molecule has 3 nitrogen and oxygen atoms in total. The van der Waals surface area contributed by atoms with E-state index in [4.69, 9.17) is 4.74 Å². The van der Waals surface area contributed by atoms with Crippen LogP contribution in [0.3, 0.4) is 0 Å². The van der Waals surface area contributed by atoms with Crippen LogP contribution in [0.25, 0.3) is 0 Å². The number of rotatable bonds is 4. The van der Waals surface area contributed by atoms with E-state index >= 15 is 0 Å². The molecule has 0 radical (unpaired) electrons. The zero-order chi connectivity index (χ0) is 17.9. The van der Waals surface area contributed by atoms with Crippen LogP contribution < -0.4 is 10.1 Å². The van der Waals surface area contributed by atoms with Crippen LogP contribution in [-0.2, 0) is 0 Å². The Morgan fingerprint density at radius 2 is 1.64 bits per heavy atom. The van der Waals surface area contributed by atoms with E-state index in [1.54, 1.807) is 0 Å². The molecule has 1 N–H and O–H groups in total. The number of hydrogen-bond donors (Lipinski definition) is 1. The van der Waals surface area contributed by atoms with E-state index < -0.39 is 0 Å². The molecule has 1 aliphatic rings. The summed E-state index contributed by atoms with van der Waals surface area (Å²) in [6.07, 6.45) is 3.33. The van der Waals surface area contributed by atoms with Crippen LogP contribution >= 0.6 is 0 Å². The van der Waals surface area contributed by atoms with Gasteiger partial charge in [0.2, 0.25) is 0 Å².